The summed E-state index contributed by atoms with van der Waals surface area (Å²) in [5.41, 5.74) is 2.99. The quantitative estimate of drug-likeness (QED) is 0.923. The molecule has 1 atom stereocenters. The molecule has 1 aromatic heterocycles. The lowest BCUT2D eigenvalue weighted by Gasteiger charge is -2.23. The number of aromatic nitrogens is 1. The number of piperidine rings is 1. The lowest BCUT2D eigenvalue weighted by Crippen LogP contribution is -2.39. The first-order chi connectivity index (χ1) is 9.97. The first-order valence-corrected chi connectivity index (χ1v) is 7.11. The largest absolute Gasteiger partial charge is 0.420 e. The van der Waals surface area contributed by atoms with Gasteiger partial charge in [0.25, 0.3) is 0 Å². The summed E-state index contributed by atoms with van der Waals surface area (Å²) in [6.45, 7) is 7.91. The van der Waals surface area contributed by atoms with Crippen LogP contribution < -0.4 is 11.1 Å². The predicted molar refractivity (Wildman–Crippen MR) is 80.1 cm³/mol. The Morgan fingerprint density at radius 3 is 2.81 bits per heavy atom. The number of fused-ring (bicyclic) bond motifs is 1. The summed E-state index contributed by atoms with van der Waals surface area (Å²) in [5.74, 6) is -0.341. The van der Waals surface area contributed by atoms with Crippen molar-refractivity contribution in [1.29, 1.82) is 0 Å². The zero-order valence-electron chi connectivity index (χ0n) is 12.2. The van der Waals surface area contributed by atoms with Crippen molar-refractivity contribution in [1.82, 2.24) is 9.88 Å². The molecule has 0 aliphatic carbocycles. The lowest BCUT2D eigenvalue weighted by atomic mass is 10.0. The van der Waals surface area contributed by atoms with Crippen LogP contribution in [0.15, 0.2) is 39.7 Å². The fourth-order valence-corrected chi connectivity index (χ4v) is 2.72. The number of allylic oxidation sites excluding steroid dienone is 1. The van der Waals surface area contributed by atoms with Crippen molar-refractivity contribution in [3.8, 4) is 0 Å². The maximum absolute atomic E-state index is 12.1. The molecule has 1 aromatic carbocycles. The Morgan fingerprint density at radius 2 is 2.14 bits per heavy atom. The van der Waals surface area contributed by atoms with Gasteiger partial charge in [-0.25, -0.2) is 4.79 Å². The van der Waals surface area contributed by atoms with Crippen molar-refractivity contribution in [2.45, 2.75) is 38.6 Å². The van der Waals surface area contributed by atoms with Crippen LogP contribution >= 0.6 is 0 Å². The van der Waals surface area contributed by atoms with Gasteiger partial charge in [-0.05, 0) is 36.5 Å². The molecule has 5 heteroatoms. The Kier molecular flexibility index (Phi) is 3.20. The second-order valence-corrected chi connectivity index (χ2v) is 5.77. The number of nitrogens with zero attached hydrogens (tertiary/aromatic N) is 1. The maximum atomic E-state index is 12.1. The first-order valence-electron chi connectivity index (χ1n) is 7.11. The fourth-order valence-electron chi connectivity index (χ4n) is 2.72. The lowest BCUT2D eigenvalue weighted by molar-refractivity contribution is -0.124. The Morgan fingerprint density at radius 1 is 1.38 bits per heavy atom. The molecule has 1 N–H and O–H groups in total. The molecule has 1 amide bonds. The van der Waals surface area contributed by atoms with Crippen LogP contribution in [0.2, 0.25) is 0 Å². The summed E-state index contributed by atoms with van der Waals surface area (Å²) < 4.78 is 6.77. The third-order valence-electron chi connectivity index (χ3n) is 3.94. The number of rotatable bonds is 2. The highest BCUT2D eigenvalue weighted by Gasteiger charge is 2.29. The second kappa shape index (κ2) is 4.91. The van der Waals surface area contributed by atoms with Gasteiger partial charge in [-0.3, -0.25) is 9.36 Å². The summed E-state index contributed by atoms with van der Waals surface area (Å²) in [5, 5.41) is 2.70. The van der Waals surface area contributed by atoms with E-state index in [1.54, 1.807) is 0 Å². The average Bonchev–Trinajstić information content (AvgIpc) is 2.74. The molecule has 0 unspecified atom stereocenters. The molecule has 2 aromatic rings. The molecule has 5 nitrogen and oxygen atoms in total. The Hall–Kier alpha value is -2.30. The standard InChI is InChI=1S/C16H18N2O3/c1-9(2)11-5-7-12-14(8-11)21-16(20)18(12)13-6-4-10(3)17-15(13)19/h5,7-9,13H,3-4,6H2,1-2H3,(H,17,19)/t13-/m1/s1. The van der Waals surface area contributed by atoms with Gasteiger partial charge in [-0.1, -0.05) is 26.5 Å². The van der Waals surface area contributed by atoms with Gasteiger partial charge >= 0.3 is 5.76 Å². The van der Waals surface area contributed by atoms with Crippen molar-refractivity contribution in [3.63, 3.8) is 0 Å². The summed E-state index contributed by atoms with van der Waals surface area (Å²) in [4.78, 5) is 24.2. The summed E-state index contributed by atoms with van der Waals surface area (Å²) >= 11 is 0. The van der Waals surface area contributed by atoms with Gasteiger partial charge in [0.1, 0.15) is 6.04 Å². The van der Waals surface area contributed by atoms with Crippen LogP contribution in [0.5, 0.6) is 0 Å². The van der Waals surface area contributed by atoms with E-state index in [1.807, 2.05) is 18.2 Å². The van der Waals surface area contributed by atoms with Crippen LogP contribution in [0.4, 0.5) is 0 Å². The monoisotopic (exact) mass is 286 g/mol. The number of amides is 1. The minimum atomic E-state index is -0.533. The smallest absolute Gasteiger partial charge is 0.408 e. The zero-order chi connectivity index (χ0) is 15.1. The molecular weight excluding hydrogens is 268 g/mol. The first kappa shape index (κ1) is 13.7. The van der Waals surface area contributed by atoms with E-state index in [2.05, 4.69) is 25.7 Å². The number of nitrogens with one attached hydrogen (secondary N) is 1. The van der Waals surface area contributed by atoms with Crippen LogP contribution in [0.3, 0.4) is 0 Å². The van der Waals surface area contributed by atoms with Gasteiger partial charge in [0, 0.05) is 5.70 Å². The SMILES string of the molecule is C=C1CC[C@@H](n2c(=O)oc3cc(C(C)C)ccc32)C(=O)N1. The van der Waals surface area contributed by atoms with Crippen molar-refractivity contribution in [3.05, 3.63) is 46.6 Å². The number of oxazole rings is 1. The van der Waals surface area contributed by atoms with E-state index in [0.717, 1.165) is 5.56 Å². The summed E-state index contributed by atoms with van der Waals surface area (Å²) in [6, 6.07) is 5.16. The van der Waals surface area contributed by atoms with Crippen molar-refractivity contribution >= 4 is 17.0 Å². The van der Waals surface area contributed by atoms with E-state index < -0.39 is 11.8 Å². The third kappa shape index (κ3) is 2.28. The second-order valence-electron chi connectivity index (χ2n) is 5.77. The summed E-state index contributed by atoms with van der Waals surface area (Å²) in [6.07, 6.45) is 1.23. The van der Waals surface area contributed by atoms with Crippen LogP contribution in [0.1, 0.15) is 44.2 Å². The number of hydrogen-bond donors (Lipinski definition) is 1. The third-order valence-corrected chi connectivity index (χ3v) is 3.94. The van der Waals surface area contributed by atoms with Crippen LogP contribution in [-0.4, -0.2) is 10.5 Å². The van der Waals surface area contributed by atoms with Crippen LogP contribution in [-0.2, 0) is 4.79 Å². The number of carbonyl (C=O) groups excluding carboxylic acids is 1. The molecule has 110 valence electrons. The minimum Gasteiger partial charge on any atom is -0.408 e. The van der Waals surface area contributed by atoms with Crippen molar-refractivity contribution in [2.24, 2.45) is 0 Å². The molecule has 0 saturated carbocycles. The predicted octanol–water partition coefficient (Wildman–Crippen LogP) is 2.68. The van der Waals surface area contributed by atoms with Gasteiger partial charge in [-0.15, -0.1) is 0 Å². The maximum Gasteiger partial charge on any atom is 0.420 e. The molecule has 0 radical (unpaired) electrons. The van der Waals surface area contributed by atoms with Crippen molar-refractivity contribution in [2.75, 3.05) is 0 Å². The van der Waals surface area contributed by atoms with Gasteiger partial charge < -0.3 is 9.73 Å². The molecule has 1 aliphatic rings. The molecule has 0 bridgehead atoms. The van der Waals surface area contributed by atoms with Gasteiger partial charge in [-0.2, -0.15) is 0 Å². The Labute approximate surface area is 122 Å². The molecule has 0 spiro atoms. The molecule has 21 heavy (non-hydrogen) atoms. The van der Waals surface area contributed by atoms with E-state index in [1.165, 1.54) is 4.57 Å². The van der Waals surface area contributed by atoms with Crippen LogP contribution in [0.25, 0.3) is 11.1 Å². The highest BCUT2D eigenvalue weighted by atomic mass is 16.4. The van der Waals surface area contributed by atoms with E-state index >= 15 is 0 Å². The zero-order valence-corrected chi connectivity index (χ0v) is 12.2. The van der Waals surface area contributed by atoms with Gasteiger partial charge in [0.05, 0.1) is 5.52 Å². The van der Waals surface area contributed by atoms with Crippen molar-refractivity contribution < 1.29 is 9.21 Å². The number of carbonyl (C=O) groups is 1. The highest BCUT2D eigenvalue weighted by molar-refractivity contribution is 5.85. The normalized spacial score (nSPS) is 19.3. The molecular formula is C16H18N2O3. The van der Waals surface area contributed by atoms with E-state index in [-0.39, 0.29) is 5.91 Å². The molecule has 1 fully saturated rings. The Balaban J connectivity index is 2.11. The van der Waals surface area contributed by atoms with E-state index in [0.29, 0.717) is 35.6 Å². The van der Waals surface area contributed by atoms with E-state index in [9.17, 15) is 9.59 Å². The molecule has 1 saturated heterocycles. The average molecular weight is 286 g/mol. The molecule has 2 heterocycles. The molecule has 3 rings (SSSR count). The topological polar surface area (TPSA) is 64.2 Å². The highest BCUT2D eigenvalue weighted by Crippen LogP contribution is 2.27. The van der Waals surface area contributed by atoms with Crippen LogP contribution in [0, 0.1) is 0 Å². The minimum absolute atomic E-state index is 0.205. The number of benzene rings is 1. The fraction of sp³-hybridized carbons (Fsp3) is 0.375. The number of hydrogen-bond acceptors (Lipinski definition) is 3. The Bertz CT molecular complexity index is 782. The van der Waals surface area contributed by atoms with Gasteiger partial charge in [0.2, 0.25) is 5.91 Å². The van der Waals surface area contributed by atoms with E-state index in [4.69, 9.17) is 4.42 Å². The summed E-state index contributed by atoms with van der Waals surface area (Å²) in [7, 11) is 0. The molecule has 1 aliphatic heterocycles. The van der Waals surface area contributed by atoms with Gasteiger partial charge in [0.15, 0.2) is 5.58 Å².